The molecule has 0 saturated heterocycles. The molecule has 7 nitrogen and oxygen atoms in total. The lowest BCUT2D eigenvalue weighted by Gasteiger charge is -2.07. The molecular formula is C14H11N3O4. The summed E-state index contributed by atoms with van der Waals surface area (Å²) in [4.78, 5) is 33.9. The summed E-state index contributed by atoms with van der Waals surface area (Å²) in [5, 5.41) is 12.0. The fourth-order valence-corrected chi connectivity index (χ4v) is 1.61. The number of nitrogens with one attached hydrogen (secondary N) is 2. The van der Waals surface area contributed by atoms with Crippen LogP contribution in [-0.4, -0.2) is 16.9 Å². The van der Waals surface area contributed by atoms with Gasteiger partial charge in [0.05, 0.1) is 0 Å². The lowest BCUT2D eigenvalue weighted by atomic mass is 10.2. The van der Waals surface area contributed by atoms with Gasteiger partial charge in [-0.3, -0.25) is 20.4 Å². The van der Waals surface area contributed by atoms with Crippen LogP contribution in [0.2, 0.25) is 0 Å². The summed E-state index contributed by atoms with van der Waals surface area (Å²) in [5.74, 6) is -1.23. The fraction of sp³-hybridized carbons (Fsp3) is 0. The minimum absolute atomic E-state index is 0.0567. The predicted octanol–water partition coefficient (Wildman–Crippen LogP) is 1.86. The summed E-state index contributed by atoms with van der Waals surface area (Å²) in [5.41, 5.74) is 4.90. The largest absolute Gasteiger partial charge is 0.508 e. The summed E-state index contributed by atoms with van der Waals surface area (Å²) in [6.45, 7) is 0. The van der Waals surface area contributed by atoms with E-state index in [0.717, 1.165) is 0 Å². The number of amides is 2. The molecule has 0 atom stereocenters. The van der Waals surface area contributed by atoms with Crippen LogP contribution < -0.4 is 10.9 Å². The number of benzene rings is 2. The van der Waals surface area contributed by atoms with Crippen molar-refractivity contribution in [3.05, 3.63) is 64.6 Å². The van der Waals surface area contributed by atoms with Gasteiger partial charge in [-0.15, -0.1) is 4.91 Å². The maximum absolute atomic E-state index is 11.8. The zero-order valence-corrected chi connectivity index (χ0v) is 10.7. The maximum Gasteiger partial charge on any atom is 0.269 e. The number of carbonyl (C=O) groups is 2. The zero-order valence-electron chi connectivity index (χ0n) is 10.7. The first-order chi connectivity index (χ1) is 10.1. The van der Waals surface area contributed by atoms with Gasteiger partial charge in [0.2, 0.25) is 0 Å². The van der Waals surface area contributed by atoms with E-state index < -0.39 is 11.8 Å². The van der Waals surface area contributed by atoms with E-state index in [-0.39, 0.29) is 22.6 Å². The molecule has 7 heteroatoms. The average molecular weight is 285 g/mol. The molecule has 21 heavy (non-hydrogen) atoms. The van der Waals surface area contributed by atoms with Crippen molar-refractivity contribution in [1.29, 1.82) is 0 Å². The Hall–Kier alpha value is -3.22. The van der Waals surface area contributed by atoms with Gasteiger partial charge in [-0.1, -0.05) is 12.1 Å². The minimum Gasteiger partial charge on any atom is -0.508 e. The van der Waals surface area contributed by atoms with Gasteiger partial charge in [-0.25, -0.2) is 0 Å². The Labute approximate surface area is 119 Å². The van der Waals surface area contributed by atoms with Crippen molar-refractivity contribution < 1.29 is 14.7 Å². The molecule has 0 aliphatic rings. The Bertz CT molecular complexity index is 700. The van der Waals surface area contributed by atoms with Crippen molar-refractivity contribution in [2.24, 2.45) is 5.18 Å². The molecule has 2 aromatic carbocycles. The predicted molar refractivity (Wildman–Crippen MR) is 74.9 cm³/mol. The highest BCUT2D eigenvalue weighted by atomic mass is 16.3. The van der Waals surface area contributed by atoms with Crippen LogP contribution in [0.4, 0.5) is 5.69 Å². The Morgan fingerprint density at radius 2 is 1.48 bits per heavy atom. The Balaban J connectivity index is 2.00. The SMILES string of the molecule is O=Nc1cccc(C(=O)NNC(=O)c2cccc(O)c2)c1. The van der Waals surface area contributed by atoms with Gasteiger partial charge in [-0.2, -0.15) is 0 Å². The van der Waals surface area contributed by atoms with Crippen molar-refractivity contribution >= 4 is 17.5 Å². The van der Waals surface area contributed by atoms with Crippen molar-refractivity contribution in [1.82, 2.24) is 10.9 Å². The number of hydrogen-bond donors (Lipinski definition) is 3. The molecule has 2 rings (SSSR count). The van der Waals surface area contributed by atoms with Gasteiger partial charge in [0, 0.05) is 11.1 Å². The Morgan fingerprint density at radius 1 is 0.905 bits per heavy atom. The van der Waals surface area contributed by atoms with Crippen LogP contribution in [0.1, 0.15) is 20.7 Å². The van der Waals surface area contributed by atoms with E-state index in [9.17, 15) is 19.6 Å². The number of phenolic OH excluding ortho intramolecular Hbond substituents is 1. The molecule has 0 aliphatic carbocycles. The van der Waals surface area contributed by atoms with Crippen LogP contribution in [-0.2, 0) is 0 Å². The first-order valence-corrected chi connectivity index (χ1v) is 5.93. The summed E-state index contributed by atoms with van der Waals surface area (Å²) in [6, 6.07) is 11.4. The van der Waals surface area contributed by atoms with E-state index in [1.165, 1.54) is 48.5 Å². The van der Waals surface area contributed by atoms with Crippen LogP contribution in [0.3, 0.4) is 0 Å². The number of nitrogens with zero attached hydrogens (tertiary/aromatic N) is 1. The van der Waals surface area contributed by atoms with E-state index in [0.29, 0.717) is 0 Å². The molecular weight excluding hydrogens is 274 g/mol. The van der Waals surface area contributed by atoms with E-state index in [4.69, 9.17) is 0 Å². The summed E-state index contributed by atoms with van der Waals surface area (Å²) in [6.07, 6.45) is 0. The van der Waals surface area contributed by atoms with E-state index >= 15 is 0 Å². The van der Waals surface area contributed by atoms with Crippen LogP contribution in [0, 0.1) is 4.91 Å². The van der Waals surface area contributed by atoms with Crippen LogP contribution in [0.25, 0.3) is 0 Å². The molecule has 0 spiro atoms. The quantitative estimate of drug-likeness (QED) is 0.590. The number of phenols is 1. The Kier molecular flexibility index (Phi) is 4.25. The normalized spacial score (nSPS) is 9.71. The summed E-state index contributed by atoms with van der Waals surface area (Å²) >= 11 is 0. The molecule has 0 unspecified atom stereocenters. The lowest BCUT2D eigenvalue weighted by molar-refractivity contribution is 0.0846. The molecule has 0 heterocycles. The number of nitroso groups, excluding NO2 is 1. The second kappa shape index (κ2) is 6.29. The molecule has 3 N–H and O–H groups in total. The van der Waals surface area contributed by atoms with Gasteiger partial charge in [0.25, 0.3) is 11.8 Å². The summed E-state index contributed by atoms with van der Waals surface area (Å²) in [7, 11) is 0. The number of carbonyl (C=O) groups excluding carboxylic acids is 2. The summed E-state index contributed by atoms with van der Waals surface area (Å²) < 4.78 is 0. The number of hydrogen-bond acceptors (Lipinski definition) is 5. The van der Waals surface area contributed by atoms with Gasteiger partial charge in [0.1, 0.15) is 11.4 Å². The minimum atomic E-state index is -0.589. The van der Waals surface area contributed by atoms with Gasteiger partial charge >= 0.3 is 0 Å². The highest BCUT2D eigenvalue weighted by molar-refractivity contribution is 5.99. The van der Waals surface area contributed by atoms with Crippen molar-refractivity contribution in [3.63, 3.8) is 0 Å². The topological polar surface area (TPSA) is 108 Å². The monoisotopic (exact) mass is 285 g/mol. The third-order valence-corrected chi connectivity index (χ3v) is 2.61. The van der Waals surface area contributed by atoms with Crippen molar-refractivity contribution in [3.8, 4) is 5.75 Å². The molecule has 0 aromatic heterocycles. The van der Waals surface area contributed by atoms with Crippen molar-refractivity contribution in [2.75, 3.05) is 0 Å². The standard InChI is InChI=1S/C14H11N3O4/c18-12-6-2-4-10(8-12)14(20)16-15-13(19)9-3-1-5-11(7-9)17-21/h1-8,18H,(H,15,19)(H,16,20). The van der Waals surface area contributed by atoms with Gasteiger partial charge in [-0.05, 0) is 41.6 Å². The lowest BCUT2D eigenvalue weighted by Crippen LogP contribution is -2.41. The number of hydrazine groups is 1. The number of aromatic hydroxyl groups is 1. The third-order valence-electron chi connectivity index (χ3n) is 2.61. The molecule has 0 fully saturated rings. The molecule has 0 aliphatic heterocycles. The molecule has 0 radical (unpaired) electrons. The van der Waals surface area contributed by atoms with E-state index in [2.05, 4.69) is 16.0 Å². The molecule has 0 bridgehead atoms. The highest BCUT2D eigenvalue weighted by Gasteiger charge is 2.10. The van der Waals surface area contributed by atoms with Crippen molar-refractivity contribution in [2.45, 2.75) is 0 Å². The maximum atomic E-state index is 11.8. The molecule has 106 valence electrons. The first-order valence-electron chi connectivity index (χ1n) is 5.93. The fourth-order valence-electron chi connectivity index (χ4n) is 1.61. The first kappa shape index (κ1) is 14.2. The second-order valence-corrected chi connectivity index (χ2v) is 4.10. The highest BCUT2D eigenvalue weighted by Crippen LogP contribution is 2.13. The second-order valence-electron chi connectivity index (χ2n) is 4.10. The van der Waals surface area contributed by atoms with E-state index in [1.807, 2.05) is 0 Å². The average Bonchev–Trinajstić information content (AvgIpc) is 2.52. The third kappa shape index (κ3) is 3.63. The van der Waals surface area contributed by atoms with Crippen LogP contribution in [0.5, 0.6) is 5.75 Å². The van der Waals surface area contributed by atoms with Gasteiger partial charge in [0.15, 0.2) is 0 Å². The molecule has 2 amide bonds. The number of rotatable bonds is 3. The Morgan fingerprint density at radius 3 is 2.05 bits per heavy atom. The van der Waals surface area contributed by atoms with E-state index in [1.54, 1.807) is 0 Å². The van der Waals surface area contributed by atoms with Crippen LogP contribution in [0.15, 0.2) is 53.7 Å². The van der Waals surface area contributed by atoms with Crippen LogP contribution >= 0.6 is 0 Å². The molecule has 2 aromatic rings. The smallest absolute Gasteiger partial charge is 0.269 e. The zero-order chi connectivity index (χ0) is 15.2. The molecule has 0 saturated carbocycles. The van der Waals surface area contributed by atoms with Gasteiger partial charge < -0.3 is 5.11 Å².